The molecular formula is C9H21O2P. The summed E-state index contributed by atoms with van der Waals surface area (Å²) in [6, 6.07) is 0. The smallest absolute Gasteiger partial charge is 0.0673 e. The molecule has 2 unspecified atom stereocenters. The Morgan fingerprint density at radius 1 is 0.917 bits per heavy atom. The normalized spacial score (nSPS) is 13.2. The molecule has 0 aliphatic rings. The van der Waals surface area contributed by atoms with Crippen molar-refractivity contribution in [3.63, 3.8) is 0 Å². The Morgan fingerprint density at radius 2 is 1.42 bits per heavy atom. The summed E-state index contributed by atoms with van der Waals surface area (Å²) in [7, 11) is 2.40. The molecule has 0 saturated carbocycles. The van der Waals surface area contributed by atoms with Crippen LogP contribution in [0.25, 0.3) is 0 Å². The second-order valence-corrected chi connectivity index (χ2v) is 3.97. The highest BCUT2D eigenvalue weighted by molar-refractivity contribution is 7.17. The van der Waals surface area contributed by atoms with E-state index in [1.807, 2.05) is 0 Å². The van der Waals surface area contributed by atoms with Gasteiger partial charge in [0.15, 0.2) is 0 Å². The van der Waals surface area contributed by atoms with Crippen molar-refractivity contribution in [1.82, 2.24) is 0 Å². The van der Waals surface area contributed by atoms with Crippen LogP contribution in [0.4, 0.5) is 0 Å². The average Bonchev–Trinajstić information content (AvgIpc) is 2.02. The van der Waals surface area contributed by atoms with E-state index in [-0.39, 0.29) is 5.85 Å². The van der Waals surface area contributed by atoms with Crippen molar-refractivity contribution in [1.29, 1.82) is 0 Å². The summed E-state index contributed by atoms with van der Waals surface area (Å²) in [6.45, 7) is 0.324. The zero-order valence-electron chi connectivity index (χ0n) is 7.71. The molecule has 74 valence electrons. The molecule has 12 heavy (non-hydrogen) atoms. The lowest BCUT2D eigenvalue weighted by Gasteiger charge is -2.03. The van der Waals surface area contributed by atoms with Crippen LogP contribution in [0.2, 0.25) is 0 Å². The van der Waals surface area contributed by atoms with Crippen LogP contribution in [0, 0.1) is 0 Å². The molecule has 0 radical (unpaired) electrons. The third-order valence-corrected chi connectivity index (χ3v) is 2.24. The van der Waals surface area contributed by atoms with E-state index in [4.69, 9.17) is 10.2 Å². The van der Waals surface area contributed by atoms with Crippen LogP contribution >= 0.6 is 9.24 Å². The third kappa shape index (κ3) is 10.3. The minimum absolute atomic E-state index is 0.220. The molecule has 0 spiro atoms. The molecule has 2 atom stereocenters. The predicted octanol–water partition coefficient (Wildman–Crippen LogP) is 1.90. The van der Waals surface area contributed by atoms with E-state index in [1.54, 1.807) is 0 Å². The maximum absolute atomic E-state index is 8.92. The highest BCUT2D eigenvalue weighted by atomic mass is 31.0. The second-order valence-electron chi connectivity index (χ2n) is 3.20. The van der Waals surface area contributed by atoms with Crippen LogP contribution in [0.15, 0.2) is 0 Å². The minimum atomic E-state index is -0.220. The van der Waals surface area contributed by atoms with Crippen LogP contribution < -0.4 is 0 Å². The van der Waals surface area contributed by atoms with Crippen LogP contribution in [-0.2, 0) is 0 Å². The number of rotatable bonds is 8. The van der Waals surface area contributed by atoms with E-state index in [1.165, 1.54) is 19.3 Å². The lowest BCUT2D eigenvalue weighted by Crippen LogP contribution is -1.93. The Morgan fingerprint density at radius 3 is 1.92 bits per heavy atom. The first-order valence-corrected chi connectivity index (χ1v) is 5.48. The van der Waals surface area contributed by atoms with Crippen molar-refractivity contribution in [3.8, 4) is 0 Å². The molecule has 0 aromatic rings. The van der Waals surface area contributed by atoms with Crippen LogP contribution in [-0.4, -0.2) is 22.7 Å². The Labute approximate surface area is 77.6 Å². The third-order valence-electron chi connectivity index (χ3n) is 1.91. The summed E-state index contributed by atoms with van der Waals surface area (Å²) in [4.78, 5) is 0. The Balaban J connectivity index is 2.82. The van der Waals surface area contributed by atoms with Gasteiger partial charge in [-0.15, -0.1) is 9.24 Å². The van der Waals surface area contributed by atoms with Crippen molar-refractivity contribution >= 4 is 9.24 Å². The number of aliphatic hydroxyl groups excluding tert-OH is 2. The van der Waals surface area contributed by atoms with E-state index >= 15 is 0 Å². The average molecular weight is 192 g/mol. The van der Waals surface area contributed by atoms with Gasteiger partial charge in [0.2, 0.25) is 0 Å². The SMILES string of the molecule is OCCCCCCCCC(O)P. The topological polar surface area (TPSA) is 40.5 Å². The van der Waals surface area contributed by atoms with Crippen molar-refractivity contribution in [3.05, 3.63) is 0 Å². The number of hydrogen-bond donors (Lipinski definition) is 2. The summed E-state index contributed by atoms with van der Waals surface area (Å²) in [5.41, 5.74) is 0. The fourth-order valence-corrected chi connectivity index (χ4v) is 1.41. The van der Waals surface area contributed by atoms with Crippen molar-refractivity contribution < 1.29 is 10.2 Å². The highest BCUT2D eigenvalue weighted by Crippen LogP contribution is 2.10. The first kappa shape index (κ1) is 12.3. The van der Waals surface area contributed by atoms with Gasteiger partial charge >= 0.3 is 0 Å². The van der Waals surface area contributed by atoms with Crippen LogP contribution in [0.1, 0.15) is 44.9 Å². The maximum Gasteiger partial charge on any atom is 0.0673 e. The van der Waals surface area contributed by atoms with Gasteiger partial charge in [0, 0.05) is 6.61 Å². The second kappa shape index (κ2) is 9.44. The zero-order valence-corrected chi connectivity index (χ0v) is 8.86. The minimum Gasteiger partial charge on any atom is -0.396 e. The van der Waals surface area contributed by atoms with Gasteiger partial charge in [-0.2, -0.15) is 0 Å². The lowest BCUT2D eigenvalue weighted by molar-refractivity contribution is 0.246. The van der Waals surface area contributed by atoms with Gasteiger partial charge in [0.25, 0.3) is 0 Å². The molecule has 0 aromatic heterocycles. The van der Waals surface area contributed by atoms with Gasteiger partial charge < -0.3 is 10.2 Å². The van der Waals surface area contributed by atoms with E-state index in [9.17, 15) is 0 Å². The molecule has 2 nitrogen and oxygen atoms in total. The van der Waals surface area contributed by atoms with Crippen molar-refractivity contribution in [2.45, 2.75) is 50.8 Å². The summed E-state index contributed by atoms with van der Waals surface area (Å²) < 4.78 is 0. The first-order chi connectivity index (χ1) is 5.77. The molecule has 0 amide bonds. The number of aliphatic hydroxyl groups is 2. The quantitative estimate of drug-likeness (QED) is 0.455. The fourth-order valence-electron chi connectivity index (χ4n) is 1.17. The summed E-state index contributed by atoms with van der Waals surface area (Å²) in [5.74, 6) is -0.220. The summed E-state index contributed by atoms with van der Waals surface area (Å²) in [5, 5.41) is 17.4. The highest BCUT2D eigenvalue weighted by Gasteiger charge is 1.95. The largest absolute Gasteiger partial charge is 0.396 e. The molecule has 3 heteroatoms. The molecule has 0 aliphatic heterocycles. The Hall–Kier alpha value is 0.350. The van der Waals surface area contributed by atoms with E-state index in [0.717, 1.165) is 25.7 Å². The van der Waals surface area contributed by atoms with E-state index < -0.39 is 0 Å². The summed E-state index contributed by atoms with van der Waals surface area (Å²) >= 11 is 0. The van der Waals surface area contributed by atoms with Gasteiger partial charge in [-0.3, -0.25) is 0 Å². The monoisotopic (exact) mass is 192 g/mol. The molecule has 0 fully saturated rings. The predicted molar refractivity (Wildman–Crippen MR) is 55.1 cm³/mol. The van der Waals surface area contributed by atoms with E-state index in [2.05, 4.69) is 9.24 Å². The van der Waals surface area contributed by atoms with Gasteiger partial charge in [0.1, 0.15) is 0 Å². The molecular weight excluding hydrogens is 171 g/mol. The Kier molecular flexibility index (Phi) is 9.71. The number of unbranched alkanes of at least 4 members (excludes halogenated alkanes) is 5. The lowest BCUT2D eigenvalue weighted by atomic mass is 10.1. The molecule has 0 aromatic carbocycles. The molecule has 0 heterocycles. The van der Waals surface area contributed by atoms with E-state index in [0.29, 0.717) is 6.61 Å². The molecule has 0 saturated heterocycles. The van der Waals surface area contributed by atoms with Crippen LogP contribution in [0.5, 0.6) is 0 Å². The molecule has 0 aliphatic carbocycles. The van der Waals surface area contributed by atoms with Crippen molar-refractivity contribution in [2.75, 3.05) is 6.61 Å². The van der Waals surface area contributed by atoms with Crippen LogP contribution in [0.3, 0.4) is 0 Å². The first-order valence-electron chi connectivity index (χ1n) is 4.82. The zero-order chi connectivity index (χ0) is 9.23. The fraction of sp³-hybridized carbons (Fsp3) is 1.00. The van der Waals surface area contributed by atoms with Crippen molar-refractivity contribution in [2.24, 2.45) is 0 Å². The van der Waals surface area contributed by atoms with Gasteiger partial charge in [-0.25, -0.2) is 0 Å². The van der Waals surface area contributed by atoms with Gasteiger partial charge in [0.05, 0.1) is 5.85 Å². The molecule has 0 bridgehead atoms. The molecule has 2 N–H and O–H groups in total. The number of hydrogen-bond acceptors (Lipinski definition) is 2. The van der Waals surface area contributed by atoms with Gasteiger partial charge in [-0.05, 0) is 12.8 Å². The Bertz CT molecular complexity index is 86.6. The maximum atomic E-state index is 8.92. The summed E-state index contributed by atoms with van der Waals surface area (Å²) in [6.07, 6.45) is 7.74. The molecule has 0 rings (SSSR count). The standard InChI is InChI=1S/C9H21O2P/c10-8-6-4-2-1-3-5-7-9(11)12/h9-11H,1-8,12H2. The van der Waals surface area contributed by atoms with Gasteiger partial charge in [-0.1, -0.05) is 32.1 Å².